The number of aromatic amines is 1. The highest BCUT2D eigenvalue weighted by Crippen LogP contribution is 2.25. The molecule has 0 radical (unpaired) electrons. The highest BCUT2D eigenvalue weighted by Gasteiger charge is 2.14. The van der Waals surface area contributed by atoms with Crippen LogP contribution in [-0.4, -0.2) is 10.9 Å². The average molecular weight is 332 g/mol. The van der Waals surface area contributed by atoms with Gasteiger partial charge in [-0.3, -0.25) is 9.59 Å². The maximum Gasteiger partial charge on any atom is 0.261 e. The van der Waals surface area contributed by atoms with Crippen LogP contribution in [0.5, 0.6) is 0 Å². The van der Waals surface area contributed by atoms with E-state index in [1.165, 1.54) is 0 Å². The number of anilines is 1. The molecule has 1 aliphatic rings. The van der Waals surface area contributed by atoms with E-state index in [1.54, 1.807) is 36.4 Å². The predicted octanol–water partition coefficient (Wildman–Crippen LogP) is 3.61. The Morgan fingerprint density at radius 2 is 1.72 bits per heavy atom. The minimum absolute atomic E-state index is 0.0566. The largest absolute Gasteiger partial charge is 0.322 e. The molecule has 0 saturated carbocycles. The Bertz CT molecular complexity index is 1060. The third-order valence-electron chi connectivity index (χ3n) is 3.83. The second kappa shape index (κ2) is 6.08. The van der Waals surface area contributed by atoms with E-state index in [-0.39, 0.29) is 5.56 Å². The molecule has 0 fully saturated rings. The molecule has 122 valence electrons. The van der Waals surface area contributed by atoms with Crippen molar-refractivity contribution >= 4 is 22.5 Å². The van der Waals surface area contributed by atoms with E-state index in [4.69, 9.17) is 0 Å². The fourth-order valence-electron chi connectivity index (χ4n) is 2.55. The summed E-state index contributed by atoms with van der Waals surface area (Å²) in [5, 5.41) is 18.1. The van der Waals surface area contributed by atoms with Crippen LogP contribution < -0.4 is 10.9 Å². The summed E-state index contributed by atoms with van der Waals surface area (Å²) in [4.78, 5) is 27.3. The van der Waals surface area contributed by atoms with Gasteiger partial charge in [0.2, 0.25) is 6.17 Å². The SMILES string of the molecule is O=C(Nc1ccc(C2N=NN=N2)cc1)c1cc2ccccc2[nH]c1=O. The zero-order valence-corrected chi connectivity index (χ0v) is 12.9. The number of pyridine rings is 1. The highest BCUT2D eigenvalue weighted by atomic mass is 16.2. The summed E-state index contributed by atoms with van der Waals surface area (Å²) in [5.74, 6) is -0.472. The van der Waals surface area contributed by atoms with Crippen molar-refractivity contribution in [2.24, 2.45) is 20.7 Å². The molecule has 3 aromatic rings. The second-order valence-electron chi connectivity index (χ2n) is 5.46. The standard InChI is InChI=1S/C17H12N6O2/c24-16(13-9-11-3-1-2-4-14(11)19-17(13)25)18-12-7-5-10(6-8-12)15-20-22-23-21-15/h1-9,15H,(H,18,24)(H,19,25). The van der Waals surface area contributed by atoms with Crippen molar-refractivity contribution < 1.29 is 4.79 Å². The first kappa shape index (κ1) is 14.9. The van der Waals surface area contributed by atoms with Gasteiger partial charge in [0.25, 0.3) is 11.5 Å². The lowest BCUT2D eigenvalue weighted by Crippen LogP contribution is -2.23. The van der Waals surface area contributed by atoms with E-state index in [2.05, 4.69) is 31.0 Å². The van der Waals surface area contributed by atoms with Crippen LogP contribution in [0.2, 0.25) is 0 Å². The van der Waals surface area contributed by atoms with Crippen molar-refractivity contribution in [2.45, 2.75) is 6.17 Å². The Morgan fingerprint density at radius 3 is 2.48 bits per heavy atom. The van der Waals surface area contributed by atoms with Crippen molar-refractivity contribution in [3.05, 3.63) is 76.1 Å². The highest BCUT2D eigenvalue weighted by molar-refractivity contribution is 6.05. The molecule has 2 N–H and O–H groups in total. The molecule has 2 heterocycles. The number of hydrogen-bond acceptors (Lipinski definition) is 6. The van der Waals surface area contributed by atoms with E-state index in [0.29, 0.717) is 11.2 Å². The number of amides is 1. The zero-order chi connectivity index (χ0) is 17.2. The quantitative estimate of drug-likeness (QED) is 0.763. The van der Waals surface area contributed by atoms with Gasteiger partial charge in [0.05, 0.1) is 0 Å². The van der Waals surface area contributed by atoms with Crippen LogP contribution in [0.15, 0.2) is 80.1 Å². The first-order valence-electron chi connectivity index (χ1n) is 7.54. The number of aromatic nitrogens is 1. The van der Waals surface area contributed by atoms with Crippen LogP contribution in [0.4, 0.5) is 5.69 Å². The molecule has 25 heavy (non-hydrogen) atoms. The predicted molar refractivity (Wildman–Crippen MR) is 91.4 cm³/mol. The average Bonchev–Trinajstić information content (AvgIpc) is 3.16. The minimum atomic E-state index is -0.472. The summed E-state index contributed by atoms with van der Waals surface area (Å²) in [5.41, 5.74) is 1.69. The lowest BCUT2D eigenvalue weighted by atomic mass is 10.1. The Labute approximate surface area is 141 Å². The zero-order valence-electron chi connectivity index (χ0n) is 12.9. The van der Waals surface area contributed by atoms with E-state index in [9.17, 15) is 9.59 Å². The van der Waals surface area contributed by atoms with E-state index < -0.39 is 17.6 Å². The fraction of sp³-hybridized carbons (Fsp3) is 0.0588. The van der Waals surface area contributed by atoms with Crippen LogP contribution in [0.3, 0.4) is 0 Å². The molecular formula is C17H12N6O2. The number of nitrogens with one attached hydrogen (secondary N) is 2. The van der Waals surface area contributed by atoms with Gasteiger partial charge in [0, 0.05) is 16.8 Å². The Morgan fingerprint density at radius 1 is 1.00 bits per heavy atom. The molecule has 0 spiro atoms. The molecule has 4 rings (SSSR count). The van der Waals surface area contributed by atoms with Crippen LogP contribution >= 0.6 is 0 Å². The van der Waals surface area contributed by atoms with E-state index in [0.717, 1.165) is 10.9 Å². The van der Waals surface area contributed by atoms with Gasteiger partial charge >= 0.3 is 0 Å². The molecule has 2 aromatic carbocycles. The first-order chi connectivity index (χ1) is 12.2. The number of fused-ring (bicyclic) bond motifs is 1. The first-order valence-corrected chi connectivity index (χ1v) is 7.54. The van der Waals surface area contributed by atoms with Gasteiger partial charge in [-0.25, -0.2) is 0 Å². The smallest absolute Gasteiger partial charge is 0.261 e. The molecular weight excluding hydrogens is 320 g/mol. The molecule has 0 atom stereocenters. The van der Waals surface area contributed by atoms with Gasteiger partial charge in [0.1, 0.15) is 5.56 Å². The molecule has 0 unspecified atom stereocenters. The number of H-pyrrole nitrogens is 1. The van der Waals surface area contributed by atoms with Crippen LogP contribution in [-0.2, 0) is 0 Å². The number of para-hydroxylation sites is 1. The maximum absolute atomic E-state index is 12.4. The minimum Gasteiger partial charge on any atom is -0.322 e. The summed E-state index contributed by atoms with van der Waals surface area (Å²) < 4.78 is 0. The van der Waals surface area contributed by atoms with Crippen LogP contribution in [0, 0.1) is 0 Å². The van der Waals surface area contributed by atoms with E-state index in [1.807, 2.05) is 18.2 Å². The Kier molecular flexibility index (Phi) is 3.62. The third kappa shape index (κ3) is 2.92. The van der Waals surface area contributed by atoms with Gasteiger partial charge in [-0.1, -0.05) is 30.3 Å². The lowest BCUT2D eigenvalue weighted by Gasteiger charge is -2.07. The van der Waals surface area contributed by atoms with Gasteiger partial charge < -0.3 is 10.3 Å². The van der Waals surface area contributed by atoms with E-state index >= 15 is 0 Å². The molecule has 0 saturated heterocycles. The van der Waals surface area contributed by atoms with Crippen molar-refractivity contribution in [2.75, 3.05) is 5.32 Å². The molecule has 1 amide bonds. The van der Waals surface area contributed by atoms with Crippen molar-refractivity contribution in [3.63, 3.8) is 0 Å². The Hall–Kier alpha value is -3.68. The lowest BCUT2D eigenvalue weighted by molar-refractivity contribution is 0.102. The molecule has 0 aliphatic carbocycles. The monoisotopic (exact) mass is 332 g/mol. The topological polar surface area (TPSA) is 111 Å². The third-order valence-corrected chi connectivity index (χ3v) is 3.83. The maximum atomic E-state index is 12.4. The summed E-state index contributed by atoms with van der Waals surface area (Å²) in [6.45, 7) is 0. The van der Waals surface area contributed by atoms with Crippen molar-refractivity contribution in [1.29, 1.82) is 0 Å². The number of carbonyl (C=O) groups is 1. The molecule has 8 heteroatoms. The van der Waals surface area contributed by atoms with Gasteiger partial charge in [-0.05, 0) is 40.1 Å². The molecule has 8 nitrogen and oxygen atoms in total. The molecule has 1 aromatic heterocycles. The number of rotatable bonds is 3. The summed E-state index contributed by atoms with van der Waals surface area (Å²) >= 11 is 0. The van der Waals surface area contributed by atoms with Crippen LogP contribution in [0.1, 0.15) is 22.1 Å². The number of nitrogens with zero attached hydrogens (tertiary/aromatic N) is 4. The summed E-state index contributed by atoms with van der Waals surface area (Å²) in [6, 6.07) is 15.8. The Balaban J connectivity index is 1.57. The van der Waals surface area contributed by atoms with Crippen molar-refractivity contribution in [3.8, 4) is 0 Å². The van der Waals surface area contributed by atoms with Crippen molar-refractivity contribution in [1.82, 2.24) is 4.98 Å². The van der Waals surface area contributed by atoms with Crippen LogP contribution in [0.25, 0.3) is 10.9 Å². The number of hydrogen-bond donors (Lipinski definition) is 2. The number of benzene rings is 2. The molecule has 1 aliphatic heterocycles. The second-order valence-corrected chi connectivity index (χ2v) is 5.46. The van der Waals surface area contributed by atoms with Gasteiger partial charge in [0.15, 0.2) is 0 Å². The van der Waals surface area contributed by atoms with Gasteiger partial charge in [-0.2, -0.15) is 0 Å². The van der Waals surface area contributed by atoms with Gasteiger partial charge in [-0.15, -0.1) is 10.2 Å². The normalized spacial score (nSPS) is 13.4. The number of carbonyl (C=O) groups excluding carboxylic acids is 1. The summed E-state index contributed by atoms with van der Waals surface area (Å²) in [6.07, 6.45) is -0.437. The fourth-order valence-corrected chi connectivity index (χ4v) is 2.55. The summed E-state index contributed by atoms with van der Waals surface area (Å²) in [7, 11) is 0. The molecule has 0 bridgehead atoms.